The third-order valence-electron chi connectivity index (χ3n) is 5.39. The maximum atomic E-state index is 13.5. The van der Waals surface area contributed by atoms with E-state index in [0.29, 0.717) is 0 Å². The van der Waals surface area contributed by atoms with E-state index < -0.39 is 0 Å². The van der Waals surface area contributed by atoms with Crippen molar-refractivity contribution in [3.8, 4) is 5.69 Å². The normalized spacial score (nSPS) is 18.8. The van der Waals surface area contributed by atoms with Crippen LogP contribution in [0.3, 0.4) is 0 Å². The van der Waals surface area contributed by atoms with Gasteiger partial charge in [-0.05, 0) is 87.8 Å². The molecule has 0 aliphatic carbocycles. The zero-order valence-electron chi connectivity index (χ0n) is 17.2. The molecule has 1 saturated heterocycles. The summed E-state index contributed by atoms with van der Waals surface area (Å²) in [6, 6.07) is 16.6. The molecule has 3 aromatic rings. The topological polar surface area (TPSA) is 36.3 Å². The van der Waals surface area contributed by atoms with E-state index in [1.807, 2.05) is 36.7 Å². The van der Waals surface area contributed by atoms with Gasteiger partial charge in [0, 0.05) is 30.3 Å². The lowest BCUT2D eigenvalue weighted by Gasteiger charge is -2.29. The number of benzene rings is 1. The second-order valence-corrected chi connectivity index (χ2v) is 8.14. The molecule has 0 radical (unpaired) electrons. The molecular formula is C23H26FN5S. The fourth-order valence-corrected chi connectivity index (χ4v) is 4.33. The van der Waals surface area contributed by atoms with Crippen molar-refractivity contribution in [1.29, 1.82) is 0 Å². The second-order valence-electron chi connectivity index (χ2n) is 7.76. The Balaban J connectivity index is 1.73. The number of aromatic nitrogens is 2. The number of thiocarbonyl (C=S) groups is 1. The van der Waals surface area contributed by atoms with Crippen molar-refractivity contribution in [1.82, 2.24) is 24.7 Å². The third kappa shape index (κ3) is 4.22. The monoisotopic (exact) mass is 423 g/mol. The maximum absolute atomic E-state index is 13.5. The molecule has 1 fully saturated rings. The van der Waals surface area contributed by atoms with Crippen LogP contribution in [-0.4, -0.2) is 51.6 Å². The fourth-order valence-electron chi connectivity index (χ4n) is 4.00. The molecule has 2 atom stereocenters. The van der Waals surface area contributed by atoms with Crippen LogP contribution in [0, 0.1) is 5.82 Å². The highest BCUT2D eigenvalue weighted by Crippen LogP contribution is 2.39. The van der Waals surface area contributed by atoms with Gasteiger partial charge in [0.05, 0.1) is 17.8 Å². The Labute approximate surface area is 182 Å². The maximum Gasteiger partial charge on any atom is 0.170 e. The minimum atomic E-state index is -0.243. The van der Waals surface area contributed by atoms with Gasteiger partial charge in [0.25, 0.3) is 0 Å². The molecule has 1 aliphatic rings. The Kier molecular flexibility index (Phi) is 6.11. The molecule has 0 bridgehead atoms. The molecule has 1 aromatic carbocycles. The van der Waals surface area contributed by atoms with Crippen LogP contribution in [0.2, 0.25) is 0 Å². The first-order valence-corrected chi connectivity index (χ1v) is 10.5. The number of halogens is 1. The van der Waals surface area contributed by atoms with Gasteiger partial charge in [-0.15, -0.1) is 0 Å². The summed E-state index contributed by atoms with van der Waals surface area (Å²) in [5, 5.41) is 4.23. The molecule has 2 unspecified atom stereocenters. The first-order chi connectivity index (χ1) is 14.5. The van der Waals surface area contributed by atoms with Gasteiger partial charge in [-0.3, -0.25) is 4.98 Å². The smallest absolute Gasteiger partial charge is 0.170 e. The highest BCUT2D eigenvalue weighted by atomic mass is 32.1. The van der Waals surface area contributed by atoms with Crippen LogP contribution in [0.25, 0.3) is 5.69 Å². The van der Waals surface area contributed by atoms with Gasteiger partial charge < -0.3 is 19.7 Å². The molecule has 5 nitrogen and oxygen atoms in total. The van der Waals surface area contributed by atoms with Crippen molar-refractivity contribution in [2.24, 2.45) is 0 Å². The first-order valence-electron chi connectivity index (χ1n) is 10.1. The van der Waals surface area contributed by atoms with Gasteiger partial charge in [0.1, 0.15) is 5.82 Å². The van der Waals surface area contributed by atoms with Crippen LogP contribution < -0.4 is 5.32 Å². The molecule has 156 valence electrons. The molecule has 0 saturated carbocycles. The number of pyridine rings is 1. The van der Waals surface area contributed by atoms with Crippen LogP contribution in [0.15, 0.2) is 67.0 Å². The van der Waals surface area contributed by atoms with Crippen LogP contribution in [0.5, 0.6) is 0 Å². The summed E-state index contributed by atoms with van der Waals surface area (Å²) in [7, 11) is 4.16. The van der Waals surface area contributed by atoms with E-state index in [9.17, 15) is 4.39 Å². The SMILES string of the molecule is CN(C)CCCN1C(=S)NC(c2ccccn2)C1c1cccn1-c1ccc(F)cc1. The lowest BCUT2D eigenvalue weighted by Crippen LogP contribution is -2.32. The molecule has 4 rings (SSSR count). The Morgan fingerprint density at radius 1 is 1.10 bits per heavy atom. The quantitative estimate of drug-likeness (QED) is 0.583. The first kappa shape index (κ1) is 20.5. The van der Waals surface area contributed by atoms with Gasteiger partial charge >= 0.3 is 0 Å². The lowest BCUT2D eigenvalue weighted by atomic mass is 10.0. The Hall–Kier alpha value is -2.77. The molecule has 2 aromatic heterocycles. The zero-order chi connectivity index (χ0) is 21.1. The van der Waals surface area contributed by atoms with Gasteiger partial charge in [-0.1, -0.05) is 6.07 Å². The molecule has 30 heavy (non-hydrogen) atoms. The van der Waals surface area contributed by atoms with Crippen molar-refractivity contribution < 1.29 is 4.39 Å². The van der Waals surface area contributed by atoms with Crippen LogP contribution >= 0.6 is 12.2 Å². The average Bonchev–Trinajstić information content (AvgIpc) is 3.34. The number of nitrogens with one attached hydrogen (secondary N) is 1. The van der Waals surface area contributed by atoms with E-state index in [0.717, 1.165) is 41.7 Å². The van der Waals surface area contributed by atoms with Crippen molar-refractivity contribution in [2.45, 2.75) is 18.5 Å². The summed E-state index contributed by atoms with van der Waals surface area (Å²) in [6.07, 6.45) is 4.82. The highest BCUT2D eigenvalue weighted by molar-refractivity contribution is 7.80. The Bertz CT molecular complexity index is 986. The summed E-state index contributed by atoms with van der Waals surface area (Å²) < 4.78 is 15.6. The predicted octanol–water partition coefficient (Wildman–Crippen LogP) is 3.94. The molecule has 0 amide bonds. The van der Waals surface area contributed by atoms with Gasteiger partial charge in [0.2, 0.25) is 0 Å². The largest absolute Gasteiger partial charge is 0.352 e. The Morgan fingerprint density at radius 2 is 1.90 bits per heavy atom. The zero-order valence-corrected chi connectivity index (χ0v) is 18.0. The lowest BCUT2D eigenvalue weighted by molar-refractivity contribution is 0.286. The van der Waals surface area contributed by atoms with E-state index in [1.54, 1.807) is 12.1 Å². The molecular weight excluding hydrogens is 397 g/mol. The van der Waals surface area contributed by atoms with Crippen LogP contribution in [0.4, 0.5) is 4.39 Å². The van der Waals surface area contributed by atoms with Crippen molar-refractivity contribution in [3.05, 3.63) is 84.2 Å². The molecule has 1 aliphatic heterocycles. The van der Waals surface area contributed by atoms with E-state index in [-0.39, 0.29) is 17.9 Å². The summed E-state index contributed by atoms with van der Waals surface area (Å²) in [4.78, 5) is 9.03. The van der Waals surface area contributed by atoms with Gasteiger partial charge in [-0.25, -0.2) is 4.39 Å². The minimum Gasteiger partial charge on any atom is -0.352 e. The number of hydrogen-bond acceptors (Lipinski definition) is 3. The number of hydrogen-bond donors (Lipinski definition) is 1. The fraction of sp³-hybridized carbons (Fsp3) is 0.304. The van der Waals surface area contributed by atoms with Gasteiger partial charge in [-0.2, -0.15) is 0 Å². The molecule has 7 heteroatoms. The van der Waals surface area contributed by atoms with E-state index in [2.05, 4.69) is 44.8 Å². The van der Waals surface area contributed by atoms with Crippen LogP contribution in [-0.2, 0) is 0 Å². The van der Waals surface area contributed by atoms with Crippen LogP contribution in [0.1, 0.15) is 29.9 Å². The van der Waals surface area contributed by atoms with E-state index in [1.165, 1.54) is 12.1 Å². The summed E-state index contributed by atoms with van der Waals surface area (Å²) in [6.45, 7) is 1.83. The predicted molar refractivity (Wildman–Crippen MR) is 121 cm³/mol. The number of nitrogens with zero attached hydrogens (tertiary/aromatic N) is 4. The third-order valence-corrected chi connectivity index (χ3v) is 5.74. The summed E-state index contributed by atoms with van der Waals surface area (Å²) in [5.74, 6) is -0.243. The molecule has 0 spiro atoms. The molecule has 3 heterocycles. The highest BCUT2D eigenvalue weighted by Gasteiger charge is 2.40. The molecule has 1 N–H and O–H groups in total. The second kappa shape index (κ2) is 8.93. The summed E-state index contributed by atoms with van der Waals surface area (Å²) in [5.41, 5.74) is 2.96. The van der Waals surface area contributed by atoms with E-state index in [4.69, 9.17) is 12.2 Å². The standard InChI is InChI=1S/C23H26FN5S/c1-27(2)14-6-16-29-22(21(26-23(29)30)19-7-3-4-13-25-19)20-8-5-15-28(20)18-11-9-17(24)10-12-18/h3-5,7-13,15,21-22H,6,14,16H2,1-2H3,(H,26,30). The minimum absolute atomic E-state index is 0.0189. The summed E-state index contributed by atoms with van der Waals surface area (Å²) >= 11 is 5.74. The van der Waals surface area contributed by atoms with Crippen molar-refractivity contribution >= 4 is 17.3 Å². The van der Waals surface area contributed by atoms with Gasteiger partial charge in [0.15, 0.2) is 5.11 Å². The average molecular weight is 424 g/mol. The Morgan fingerprint density at radius 3 is 2.60 bits per heavy atom. The van der Waals surface area contributed by atoms with Crippen molar-refractivity contribution in [3.63, 3.8) is 0 Å². The van der Waals surface area contributed by atoms with Crippen molar-refractivity contribution in [2.75, 3.05) is 27.2 Å². The number of rotatable bonds is 7. The van der Waals surface area contributed by atoms with E-state index >= 15 is 0 Å².